The summed E-state index contributed by atoms with van der Waals surface area (Å²) in [5.41, 5.74) is 2.56. The van der Waals surface area contributed by atoms with Gasteiger partial charge in [0.15, 0.2) is 5.82 Å². The second kappa shape index (κ2) is 8.41. The second-order valence-corrected chi connectivity index (χ2v) is 5.46. The van der Waals surface area contributed by atoms with Crippen LogP contribution in [0.2, 0.25) is 0 Å². The lowest BCUT2D eigenvalue weighted by molar-refractivity contribution is 0.843. The smallest absolute Gasteiger partial charge is 0.244 e. The van der Waals surface area contributed by atoms with Gasteiger partial charge in [-0.05, 0) is 30.5 Å². The molecule has 0 aliphatic heterocycles. The highest BCUT2D eigenvalue weighted by Gasteiger charge is 2.04. The Morgan fingerprint density at radius 2 is 1.80 bits per heavy atom. The topological polar surface area (TPSA) is 86.5 Å². The van der Waals surface area contributed by atoms with Crippen LogP contribution in [-0.4, -0.2) is 21.7 Å². The van der Waals surface area contributed by atoms with Crippen LogP contribution in [0.5, 0.6) is 0 Å². The van der Waals surface area contributed by atoms with Crippen LogP contribution in [0.25, 0.3) is 0 Å². The number of hydrogen-bond acceptors (Lipinski definition) is 6. The lowest BCUT2D eigenvalue weighted by atomic mass is 10.1. The maximum Gasteiger partial charge on any atom is 0.244 e. The van der Waals surface area contributed by atoms with Gasteiger partial charge in [0.1, 0.15) is 6.07 Å². The van der Waals surface area contributed by atoms with E-state index in [9.17, 15) is 0 Å². The van der Waals surface area contributed by atoms with E-state index in [-0.39, 0.29) is 0 Å². The zero-order valence-electron chi connectivity index (χ0n) is 13.7. The van der Waals surface area contributed by atoms with Crippen molar-refractivity contribution in [3.05, 3.63) is 71.9 Å². The molecule has 0 aliphatic carbocycles. The first-order valence-corrected chi connectivity index (χ1v) is 8.09. The minimum absolute atomic E-state index is 0.465. The summed E-state index contributed by atoms with van der Waals surface area (Å²) in [6.45, 7) is 0.759. The number of para-hydroxylation sites is 1. The molecule has 0 saturated heterocycles. The Morgan fingerprint density at radius 1 is 1.00 bits per heavy atom. The number of benzene rings is 2. The van der Waals surface area contributed by atoms with Crippen LogP contribution in [0.1, 0.15) is 17.5 Å². The minimum atomic E-state index is 0.465. The Labute approximate surface area is 146 Å². The summed E-state index contributed by atoms with van der Waals surface area (Å²) < 4.78 is 0. The van der Waals surface area contributed by atoms with E-state index in [0.29, 0.717) is 23.0 Å². The van der Waals surface area contributed by atoms with E-state index in [2.05, 4.69) is 44.0 Å². The van der Waals surface area contributed by atoms with E-state index >= 15 is 0 Å². The van der Waals surface area contributed by atoms with Crippen molar-refractivity contribution < 1.29 is 0 Å². The fourth-order valence-corrected chi connectivity index (χ4v) is 2.40. The quantitative estimate of drug-likeness (QED) is 0.645. The number of anilines is 3. The summed E-state index contributed by atoms with van der Waals surface area (Å²) in [7, 11) is 0. The maximum absolute atomic E-state index is 9.14. The van der Waals surface area contributed by atoms with Crippen molar-refractivity contribution >= 4 is 17.5 Å². The van der Waals surface area contributed by atoms with Gasteiger partial charge in [0, 0.05) is 6.54 Å². The molecule has 0 aliphatic rings. The number of aromatic nitrogens is 3. The van der Waals surface area contributed by atoms with Gasteiger partial charge in [-0.1, -0.05) is 42.5 Å². The van der Waals surface area contributed by atoms with E-state index in [0.717, 1.165) is 19.4 Å². The number of nitrogens with one attached hydrogen (secondary N) is 2. The molecular weight excluding hydrogens is 312 g/mol. The third-order valence-corrected chi connectivity index (χ3v) is 3.64. The van der Waals surface area contributed by atoms with Crippen LogP contribution in [0.3, 0.4) is 0 Å². The molecule has 6 heteroatoms. The van der Waals surface area contributed by atoms with Gasteiger partial charge in [-0.3, -0.25) is 0 Å². The average Bonchev–Trinajstić information content (AvgIpc) is 2.67. The molecule has 0 unspecified atom stereocenters. The van der Waals surface area contributed by atoms with E-state index < -0.39 is 0 Å². The third-order valence-electron chi connectivity index (χ3n) is 3.64. The van der Waals surface area contributed by atoms with Gasteiger partial charge in [-0.2, -0.15) is 15.3 Å². The minimum Gasteiger partial charge on any atom is -0.353 e. The van der Waals surface area contributed by atoms with E-state index in [4.69, 9.17) is 5.26 Å². The molecule has 3 aromatic rings. The highest BCUT2D eigenvalue weighted by atomic mass is 15.3. The van der Waals surface area contributed by atoms with Gasteiger partial charge in [-0.25, -0.2) is 0 Å². The molecule has 0 fully saturated rings. The van der Waals surface area contributed by atoms with Crippen LogP contribution in [0, 0.1) is 11.3 Å². The van der Waals surface area contributed by atoms with Gasteiger partial charge in [-0.15, -0.1) is 5.10 Å². The Morgan fingerprint density at radius 3 is 2.64 bits per heavy atom. The second-order valence-electron chi connectivity index (χ2n) is 5.46. The summed E-state index contributed by atoms with van der Waals surface area (Å²) >= 11 is 0. The molecule has 0 radical (unpaired) electrons. The molecule has 0 amide bonds. The molecule has 1 heterocycles. The lowest BCUT2D eigenvalue weighted by Crippen LogP contribution is -2.08. The van der Waals surface area contributed by atoms with Crippen LogP contribution in [-0.2, 0) is 6.42 Å². The molecule has 124 valence electrons. The monoisotopic (exact) mass is 330 g/mol. The van der Waals surface area contributed by atoms with Gasteiger partial charge in [0.2, 0.25) is 5.95 Å². The maximum atomic E-state index is 9.14. The predicted octanol–water partition coefficient (Wildman–Crippen LogP) is 3.53. The van der Waals surface area contributed by atoms with Crippen molar-refractivity contribution in [3.63, 3.8) is 0 Å². The number of hydrogen-bond donors (Lipinski definition) is 2. The zero-order chi connectivity index (χ0) is 17.3. The van der Waals surface area contributed by atoms with Crippen LogP contribution in [0.4, 0.5) is 17.5 Å². The molecule has 2 N–H and O–H groups in total. The fourth-order valence-electron chi connectivity index (χ4n) is 2.40. The molecule has 3 rings (SSSR count). The molecule has 1 aromatic heterocycles. The third kappa shape index (κ3) is 4.75. The van der Waals surface area contributed by atoms with Crippen LogP contribution < -0.4 is 10.6 Å². The van der Waals surface area contributed by atoms with Crippen LogP contribution >= 0.6 is 0 Å². The van der Waals surface area contributed by atoms with E-state index in [1.165, 1.54) is 11.8 Å². The lowest BCUT2D eigenvalue weighted by Gasteiger charge is -2.08. The number of nitrogens with zero attached hydrogens (tertiary/aromatic N) is 4. The predicted molar refractivity (Wildman–Crippen MR) is 97.5 cm³/mol. The molecule has 6 nitrogen and oxygen atoms in total. The van der Waals surface area contributed by atoms with Crippen LogP contribution in [0.15, 0.2) is 60.8 Å². The van der Waals surface area contributed by atoms with Crippen molar-refractivity contribution in [1.82, 2.24) is 15.2 Å². The largest absolute Gasteiger partial charge is 0.353 e. The SMILES string of the molecule is N#Cc1ccccc1Nc1cnnc(NCCCc2ccccc2)n1. The van der Waals surface area contributed by atoms with Gasteiger partial charge in [0.05, 0.1) is 17.4 Å². The first-order chi connectivity index (χ1) is 12.3. The Bertz CT molecular complexity index is 857. The van der Waals surface area contributed by atoms with Crippen molar-refractivity contribution in [2.45, 2.75) is 12.8 Å². The zero-order valence-corrected chi connectivity index (χ0v) is 13.7. The summed E-state index contributed by atoms with van der Waals surface area (Å²) in [4.78, 5) is 4.38. The first kappa shape index (κ1) is 16.4. The normalized spacial score (nSPS) is 10.0. The van der Waals surface area contributed by atoms with Crippen molar-refractivity contribution in [2.24, 2.45) is 0 Å². The first-order valence-electron chi connectivity index (χ1n) is 8.09. The molecule has 2 aromatic carbocycles. The molecule has 0 spiro atoms. The Balaban J connectivity index is 1.55. The van der Waals surface area contributed by atoms with E-state index in [1.807, 2.05) is 36.4 Å². The Hall–Kier alpha value is -3.46. The summed E-state index contributed by atoms with van der Waals surface area (Å²) in [6, 6.07) is 19.8. The van der Waals surface area contributed by atoms with Crippen molar-refractivity contribution in [1.29, 1.82) is 5.26 Å². The van der Waals surface area contributed by atoms with Gasteiger partial charge < -0.3 is 10.6 Å². The molecule has 0 atom stereocenters. The Kier molecular flexibility index (Phi) is 5.52. The summed E-state index contributed by atoms with van der Waals surface area (Å²) in [6.07, 6.45) is 3.50. The highest BCUT2D eigenvalue weighted by molar-refractivity contribution is 5.64. The fraction of sp³-hybridized carbons (Fsp3) is 0.158. The average molecular weight is 330 g/mol. The summed E-state index contributed by atoms with van der Waals surface area (Å²) in [5.74, 6) is 1.01. The van der Waals surface area contributed by atoms with Gasteiger partial charge in [0.25, 0.3) is 0 Å². The summed E-state index contributed by atoms with van der Waals surface area (Å²) in [5, 5.41) is 23.4. The van der Waals surface area contributed by atoms with Crippen molar-refractivity contribution in [2.75, 3.05) is 17.2 Å². The molecular formula is C19H18N6. The van der Waals surface area contributed by atoms with E-state index in [1.54, 1.807) is 6.07 Å². The molecule has 0 bridgehead atoms. The standard InChI is InChI=1S/C19H18N6/c20-13-16-10-4-5-11-17(16)23-18-14-22-25-19(24-18)21-12-6-9-15-7-2-1-3-8-15/h1-5,7-8,10-11,14H,6,9,12H2,(H2,21,23,24,25). The number of rotatable bonds is 7. The number of nitriles is 1. The van der Waals surface area contributed by atoms with Gasteiger partial charge >= 0.3 is 0 Å². The molecule has 0 saturated carbocycles. The molecule has 25 heavy (non-hydrogen) atoms. The number of aryl methyl sites for hydroxylation is 1. The van der Waals surface area contributed by atoms with Crippen molar-refractivity contribution in [3.8, 4) is 6.07 Å². The highest BCUT2D eigenvalue weighted by Crippen LogP contribution is 2.18.